The van der Waals surface area contributed by atoms with E-state index >= 15 is 0 Å². The number of hydrogen-bond donors (Lipinski definition) is 0. The van der Waals surface area contributed by atoms with Crippen LogP contribution in [0, 0.1) is 20.8 Å². The van der Waals surface area contributed by atoms with Crippen molar-refractivity contribution in [3.05, 3.63) is 50.1 Å². The third-order valence-electron chi connectivity index (χ3n) is 4.71. The predicted molar refractivity (Wildman–Crippen MR) is 114 cm³/mol. The fourth-order valence-electron chi connectivity index (χ4n) is 3.39. The van der Waals surface area contributed by atoms with E-state index in [4.69, 9.17) is 0 Å². The number of nitrogens with zero attached hydrogens (tertiary/aromatic N) is 6. The van der Waals surface area contributed by atoms with Gasteiger partial charge >= 0.3 is 0 Å². The van der Waals surface area contributed by atoms with Crippen LogP contribution in [0.2, 0.25) is 0 Å². The Morgan fingerprint density at radius 1 is 1.04 bits per heavy atom. The third kappa shape index (κ3) is 3.81. The average molecular weight is 461 g/mol. The molecule has 0 bridgehead atoms. The lowest BCUT2D eigenvalue weighted by Gasteiger charge is -2.35. The minimum Gasteiger partial charge on any atom is -0.353 e. The highest BCUT2D eigenvalue weighted by Crippen LogP contribution is 2.23. The summed E-state index contributed by atoms with van der Waals surface area (Å²) in [4.78, 5) is 26.7. The maximum atomic E-state index is 12.6. The molecule has 1 amide bonds. The standard InChI is InChI=1S/C19H21BrN6OS/c1-12-8-13(2)26(23-12)18-10-17(21-14(3)22-18)24-4-6-25(7-5-24)19(27)16-9-15(20)11-28-16/h8-11H,4-7H2,1-3H3. The molecule has 4 rings (SSSR count). The summed E-state index contributed by atoms with van der Waals surface area (Å²) in [5, 5.41) is 6.47. The van der Waals surface area contributed by atoms with Crippen molar-refractivity contribution in [2.75, 3.05) is 31.1 Å². The molecule has 0 saturated carbocycles. The van der Waals surface area contributed by atoms with Crippen LogP contribution in [-0.4, -0.2) is 56.7 Å². The summed E-state index contributed by atoms with van der Waals surface area (Å²) in [6.07, 6.45) is 0. The first-order valence-electron chi connectivity index (χ1n) is 9.08. The predicted octanol–water partition coefficient (Wildman–Crippen LogP) is 3.37. The van der Waals surface area contributed by atoms with Crippen molar-refractivity contribution in [1.82, 2.24) is 24.6 Å². The molecule has 4 heterocycles. The molecule has 3 aromatic heterocycles. The molecule has 1 fully saturated rings. The molecule has 1 saturated heterocycles. The van der Waals surface area contributed by atoms with E-state index in [2.05, 4.69) is 35.9 Å². The number of carbonyl (C=O) groups excluding carboxylic acids is 1. The quantitative estimate of drug-likeness (QED) is 0.599. The fraction of sp³-hybridized carbons (Fsp3) is 0.368. The molecule has 1 aliphatic rings. The van der Waals surface area contributed by atoms with Crippen molar-refractivity contribution in [2.24, 2.45) is 0 Å². The number of anilines is 1. The minimum atomic E-state index is 0.0950. The number of amides is 1. The van der Waals surface area contributed by atoms with Gasteiger partial charge in [0.2, 0.25) is 0 Å². The smallest absolute Gasteiger partial charge is 0.264 e. The van der Waals surface area contributed by atoms with Gasteiger partial charge in [-0.05, 0) is 48.8 Å². The Labute approximate surface area is 176 Å². The summed E-state index contributed by atoms with van der Waals surface area (Å²) in [6, 6.07) is 5.89. The molecule has 7 nitrogen and oxygen atoms in total. The number of aryl methyl sites for hydroxylation is 3. The molecule has 28 heavy (non-hydrogen) atoms. The summed E-state index contributed by atoms with van der Waals surface area (Å²) in [7, 11) is 0. The van der Waals surface area contributed by atoms with E-state index in [9.17, 15) is 4.79 Å². The first-order chi connectivity index (χ1) is 13.4. The summed E-state index contributed by atoms with van der Waals surface area (Å²) in [5.74, 6) is 2.45. The van der Waals surface area contributed by atoms with Crippen LogP contribution < -0.4 is 4.90 Å². The summed E-state index contributed by atoms with van der Waals surface area (Å²) in [5.41, 5.74) is 2.00. The second kappa shape index (κ2) is 7.63. The van der Waals surface area contributed by atoms with E-state index in [1.165, 1.54) is 11.3 Å². The molecule has 0 N–H and O–H groups in total. The monoisotopic (exact) mass is 460 g/mol. The van der Waals surface area contributed by atoms with Gasteiger partial charge in [0.1, 0.15) is 11.6 Å². The fourth-order valence-corrected chi connectivity index (χ4v) is 4.78. The molecule has 0 aliphatic carbocycles. The van der Waals surface area contributed by atoms with Crippen LogP contribution in [0.5, 0.6) is 0 Å². The average Bonchev–Trinajstić information content (AvgIpc) is 3.25. The Hall–Kier alpha value is -2.26. The van der Waals surface area contributed by atoms with Crippen molar-refractivity contribution in [3.8, 4) is 5.82 Å². The maximum absolute atomic E-state index is 12.6. The van der Waals surface area contributed by atoms with Gasteiger partial charge < -0.3 is 9.80 Å². The number of carbonyl (C=O) groups is 1. The van der Waals surface area contributed by atoms with Gasteiger partial charge in [0.05, 0.1) is 10.6 Å². The summed E-state index contributed by atoms with van der Waals surface area (Å²) >= 11 is 4.89. The molecule has 146 valence electrons. The highest BCUT2D eigenvalue weighted by molar-refractivity contribution is 9.10. The normalized spacial score (nSPS) is 14.6. The van der Waals surface area contributed by atoms with Crippen LogP contribution in [0.3, 0.4) is 0 Å². The SMILES string of the molecule is Cc1cc(C)n(-c2cc(N3CCN(C(=O)c4cc(Br)cs4)CC3)nc(C)n2)n1. The van der Waals surface area contributed by atoms with Gasteiger partial charge in [-0.1, -0.05) is 0 Å². The lowest BCUT2D eigenvalue weighted by Crippen LogP contribution is -2.49. The Bertz CT molecular complexity index is 1020. The Balaban J connectivity index is 1.50. The number of hydrogen-bond acceptors (Lipinski definition) is 6. The van der Waals surface area contributed by atoms with Gasteiger partial charge in [-0.2, -0.15) is 5.10 Å². The Kier molecular flexibility index (Phi) is 5.20. The minimum absolute atomic E-state index is 0.0950. The van der Waals surface area contributed by atoms with Gasteiger partial charge in [-0.3, -0.25) is 4.79 Å². The van der Waals surface area contributed by atoms with Crippen LogP contribution in [0.4, 0.5) is 5.82 Å². The van der Waals surface area contributed by atoms with Crippen LogP contribution >= 0.6 is 27.3 Å². The Morgan fingerprint density at radius 2 is 1.75 bits per heavy atom. The first-order valence-corrected chi connectivity index (χ1v) is 10.8. The second-order valence-electron chi connectivity index (χ2n) is 6.88. The highest BCUT2D eigenvalue weighted by Gasteiger charge is 2.24. The molecular weight excluding hydrogens is 440 g/mol. The summed E-state index contributed by atoms with van der Waals surface area (Å²) < 4.78 is 2.80. The first kappa shape index (κ1) is 19.1. The Morgan fingerprint density at radius 3 is 2.36 bits per heavy atom. The molecule has 3 aromatic rings. The van der Waals surface area contributed by atoms with E-state index in [0.29, 0.717) is 18.9 Å². The summed E-state index contributed by atoms with van der Waals surface area (Å²) in [6.45, 7) is 8.72. The third-order valence-corrected chi connectivity index (χ3v) is 6.39. The van der Waals surface area contributed by atoms with Crippen molar-refractivity contribution < 1.29 is 4.79 Å². The second-order valence-corrected chi connectivity index (χ2v) is 8.71. The van der Waals surface area contributed by atoms with Crippen LogP contribution in [-0.2, 0) is 0 Å². The van der Waals surface area contributed by atoms with E-state index < -0.39 is 0 Å². The molecule has 0 aromatic carbocycles. The van der Waals surface area contributed by atoms with Crippen LogP contribution in [0.15, 0.2) is 28.1 Å². The van der Waals surface area contributed by atoms with Crippen molar-refractivity contribution >= 4 is 39.0 Å². The van der Waals surface area contributed by atoms with Crippen LogP contribution in [0.25, 0.3) is 5.82 Å². The topological polar surface area (TPSA) is 67.2 Å². The van der Waals surface area contributed by atoms with Crippen molar-refractivity contribution in [1.29, 1.82) is 0 Å². The number of thiophene rings is 1. The lowest BCUT2D eigenvalue weighted by atomic mass is 10.3. The zero-order valence-corrected chi connectivity index (χ0v) is 18.4. The zero-order valence-electron chi connectivity index (χ0n) is 16.0. The molecule has 0 unspecified atom stereocenters. The molecule has 9 heteroatoms. The number of rotatable bonds is 3. The van der Waals surface area contributed by atoms with Crippen molar-refractivity contribution in [2.45, 2.75) is 20.8 Å². The number of aromatic nitrogens is 4. The van der Waals surface area contributed by atoms with Gasteiger partial charge in [0, 0.05) is 47.8 Å². The van der Waals surface area contributed by atoms with Crippen molar-refractivity contribution in [3.63, 3.8) is 0 Å². The molecular formula is C19H21BrN6OS. The van der Waals surface area contributed by atoms with E-state index in [-0.39, 0.29) is 5.91 Å². The van der Waals surface area contributed by atoms with E-state index in [1.54, 1.807) is 0 Å². The van der Waals surface area contributed by atoms with Gasteiger partial charge in [0.25, 0.3) is 5.91 Å². The molecule has 0 spiro atoms. The van der Waals surface area contributed by atoms with Gasteiger partial charge in [-0.25, -0.2) is 14.6 Å². The van der Waals surface area contributed by atoms with E-state index in [1.807, 2.05) is 53.9 Å². The van der Waals surface area contributed by atoms with Crippen LogP contribution in [0.1, 0.15) is 26.9 Å². The highest BCUT2D eigenvalue weighted by atomic mass is 79.9. The van der Waals surface area contributed by atoms with E-state index in [0.717, 1.165) is 45.5 Å². The lowest BCUT2D eigenvalue weighted by molar-refractivity contribution is 0.0751. The molecule has 0 atom stereocenters. The zero-order chi connectivity index (χ0) is 19.8. The number of piperazine rings is 1. The molecule has 0 radical (unpaired) electrons. The molecule has 1 aliphatic heterocycles. The maximum Gasteiger partial charge on any atom is 0.264 e. The largest absolute Gasteiger partial charge is 0.353 e. The number of halogens is 1. The van der Waals surface area contributed by atoms with Gasteiger partial charge in [-0.15, -0.1) is 11.3 Å². The van der Waals surface area contributed by atoms with Gasteiger partial charge in [0.15, 0.2) is 5.82 Å².